The maximum absolute atomic E-state index is 6.30. The fourth-order valence-corrected chi connectivity index (χ4v) is 3.74. The van der Waals surface area contributed by atoms with Crippen molar-refractivity contribution in [3.05, 3.63) is 83.4 Å². The molecule has 0 N–H and O–H groups in total. The molecule has 2 aromatic carbocycles. The second kappa shape index (κ2) is 12.1. The van der Waals surface area contributed by atoms with Crippen LogP contribution in [0.5, 0.6) is 11.5 Å². The van der Waals surface area contributed by atoms with Crippen LogP contribution in [0.1, 0.15) is 74.3 Å². The highest BCUT2D eigenvalue weighted by molar-refractivity contribution is 5.45. The Labute approximate surface area is 181 Å². The van der Waals surface area contributed by atoms with Crippen LogP contribution in [0.2, 0.25) is 0 Å². The van der Waals surface area contributed by atoms with Crippen LogP contribution in [0, 0.1) is 6.92 Å². The normalized spacial score (nSPS) is 10.9. The second-order valence-corrected chi connectivity index (χ2v) is 8.05. The first kappa shape index (κ1) is 22.0. The molecule has 0 saturated carbocycles. The molecular weight excluding hydrogens is 368 g/mol. The lowest BCUT2D eigenvalue weighted by molar-refractivity contribution is 0.473. The van der Waals surface area contributed by atoms with Crippen LogP contribution >= 0.6 is 0 Å². The summed E-state index contributed by atoms with van der Waals surface area (Å²) in [5.41, 5.74) is 4.59. The Morgan fingerprint density at radius 3 is 2.33 bits per heavy atom. The van der Waals surface area contributed by atoms with Crippen molar-refractivity contribution < 1.29 is 4.74 Å². The Balaban J connectivity index is 1.55. The summed E-state index contributed by atoms with van der Waals surface area (Å²) in [6.07, 6.45) is 16.5. The maximum Gasteiger partial charge on any atom is 0.133 e. The Kier molecular flexibility index (Phi) is 8.89. The molecule has 0 atom stereocenters. The smallest absolute Gasteiger partial charge is 0.133 e. The lowest BCUT2D eigenvalue weighted by atomic mass is 10.0. The topological polar surface area (TPSA) is 35.0 Å². The average molecular weight is 403 g/mol. The van der Waals surface area contributed by atoms with Crippen molar-refractivity contribution in [1.29, 1.82) is 0 Å². The SMILES string of the molecule is CCCCCCCCCc1ccc(Oc2c(C)cccc2Cc2cnccn2)cc1. The summed E-state index contributed by atoms with van der Waals surface area (Å²) in [4.78, 5) is 8.57. The van der Waals surface area contributed by atoms with Crippen molar-refractivity contribution in [3.63, 3.8) is 0 Å². The van der Waals surface area contributed by atoms with Gasteiger partial charge in [0.2, 0.25) is 0 Å². The number of hydrogen-bond donors (Lipinski definition) is 0. The van der Waals surface area contributed by atoms with Gasteiger partial charge in [0.05, 0.1) is 5.69 Å². The Morgan fingerprint density at radius 1 is 0.833 bits per heavy atom. The molecule has 30 heavy (non-hydrogen) atoms. The summed E-state index contributed by atoms with van der Waals surface area (Å²) in [6.45, 7) is 4.36. The van der Waals surface area contributed by atoms with Crippen molar-refractivity contribution in [1.82, 2.24) is 9.97 Å². The molecule has 0 fully saturated rings. The van der Waals surface area contributed by atoms with Crippen LogP contribution in [0.25, 0.3) is 0 Å². The number of para-hydroxylation sites is 1. The Hall–Kier alpha value is -2.68. The predicted octanol–water partition coefficient (Wildman–Crippen LogP) is 7.46. The van der Waals surface area contributed by atoms with E-state index in [0.29, 0.717) is 6.42 Å². The fourth-order valence-electron chi connectivity index (χ4n) is 3.74. The standard InChI is InChI=1S/C27H34N2O/c1-3-4-5-6-7-8-9-12-23-14-16-26(17-15-23)30-27-22(2)11-10-13-24(27)20-25-21-28-18-19-29-25/h10-11,13-19,21H,3-9,12,20H2,1-2H3. The zero-order chi connectivity index (χ0) is 21.0. The van der Waals surface area contributed by atoms with Crippen molar-refractivity contribution in [2.24, 2.45) is 0 Å². The molecule has 1 heterocycles. The summed E-state index contributed by atoms with van der Waals surface area (Å²) in [6, 6.07) is 14.8. The van der Waals surface area contributed by atoms with E-state index in [1.165, 1.54) is 50.5 Å². The van der Waals surface area contributed by atoms with Gasteiger partial charge in [-0.05, 0) is 43.0 Å². The molecule has 3 nitrogen and oxygen atoms in total. The summed E-state index contributed by atoms with van der Waals surface area (Å²) < 4.78 is 6.30. The van der Waals surface area contributed by atoms with Gasteiger partial charge in [0.25, 0.3) is 0 Å². The van der Waals surface area contributed by atoms with Gasteiger partial charge in [0.1, 0.15) is 11.5 Å². The van der Waals surface area contributed by atoms with Gasteiger partial charge in [-0.25, -0.2) is 0 Å². The van der Waals surface area contributed by atoms with E-state index in [4.69, 9.17) is 4.74 Å². The number of benzene rings is 2. The van der Waals surface area contributed by atoms with Crippen LogP contribution in [-0.4, -0.2) is 9.97 Å². The van der Waals surface area contributed by atoms with Gasteiger partial charge in [-0.15, -0.1) is 0 Å². The van der Waals surface area contributed by atoms with Crippen LogP contribution < -0.4 is 4.74 Å². The highest BCUT2D eigenvalue weighted by Crippen LogP contribution is 2.30. The second-order valence-electron chi connectivity index (χ2n) is 8.05. The molecule has 0 spiro atoms. The zero-order valence-electron chi connectivity index (χ0n) is 18.4. The van der Waals surface area contributed by atoms with E-state index in [-0.39, 0.29) is 0 Å². The fraction of sp³-hybridized carbons (Fsp3) is 0.407. The first-order valence-electron chi connectivity index (χ1n) is 11.4. The van der Waals surface area contributed by atoms with Gasteiger partial charge in [0.15, 0.2) is 0 Å². The third-order valence-corrected chi connectivity index (χ3v) is 5.49. The van der Waals surface area contributed by atoms with Crippen molar-refractivity contribution in [2.45, 2.75) is 71.6 Å². The molecule has 0 aliphatic heterocycles. The Bertz CT molecular complexity index is 875. The van der Waals surface area contributed by atoms with Crippen molar-refractivity contribution >= 4 is 0 Å². The van der Waals surface area contributed by atoms with E-state index < -0.39 is 0 Å². The average Bonchev–Trinajstić information content (AvgIpc) is 2.77. The lowest BCUT2D eigenvalue weighted by Crippen LogP contribution is -1.98. The molecular formula is C27H34N2O. The minimum atomic E-state index is 0.710. The van der Waals surface area contributed by atoms with E-state index in [2.05, 4.69) is 66.3 Å². The predicted molar refractivity (Wildman–Crippen MR) is 124 cm³/mol. The number of nitrogens with zero attached hydrogens (tertiary/aromatic N) is 2. The molecule has 158 valence electrons. The number of rotatable bonds is 12. The number of hydrogen-bond acceptors (Lipinski definition) is 3. The molecule has 3 aromatic rings. The molecule has 3 rings (SSSR count). The third-order valence-electron chi connectivity index (χ3n) is 5.49. The van der Waals surface area contributed by atoms with Gasteiger partial charge in [0, 0.05) is 30.6 Å². The van der Waals surface area contributed by atoms with Gasteiger partial charge in [-0.2, -0.15) is 0 Å². The largest absolute Gasteiger partial charge is 0.457 e. The summed E-state index contributed by atoms with van der Waals surface area (Å²) >= 11 is 0. The monoisotopic (exact) mass is 402 g/mol. The number of unbranched alkanes of at least 4 members (excludes halogenated alkanes) is 6. The minimum Gasteiger partial charge on any atom is -0.457 e. The highest BCUT2D eigenvalue weighted by atomic mass is 16.5. The van der Waals surface area contributed by atoms with Crippen LogP contribution in [-0.2, 0) is 12.8 Å². The van der Waals surface area contributed by atoms with E-state index in [9.17, 15) is 0 Å². The molecule has 0 unspecified atom stereocenters. The summed E-state index contributed by atoms with van der Waals surface area (Å²) in [5.74, 6) is 1.80. The minimum absolute atomic E-state index is 0.710. The van der Waals surface area contributed by atoms with Crippen molar-refractivity contribution in [2.75, 3.05) is 0 Å². The van der Waals surface area contributed by atoms with Gasteiger partial charge >= 0.3 is 0 Å². The third kappa shape index (κ3) is 6.98. The molecule has 0 aliphatic carbocycles. The molecule has 0 saturated heterocycles. The highest BCUT2D eigenvalue weighted by Gasteiger charge is 2.10. The molecule has 0 amide bonds. The molecule has 1 aromatic heterocycles. The summed E-state index contributed by atoms with van der Waals surface area (Å²) in [7, 11) is 0. The summed E-state index contributed by atoms with van der Waals surface area (Å²) in [5, 5.41) is 0. The number of ether oxygens (including phenoxy) is 1. The van der Waals surface area contributed by atoms with Crippen LogP contribution in [0.4, 0.5) is 0 Å². The Morgan fingerprint density at radius 2 is 1.60 bits per heavy atom. The molecule has 0 radical (unpaired) electrons. The zero-order valence-corrected chi connectivity index (χ0v) is 18.4. The number of aromatic nitrogens is 2. The van der Waals surface area contributed by atoms with E-state index in [1.54, 1.807) is 12.4 Å². The quantitative estimate of drug-likeness (QED) is 0.295. The lowest BCUT2D eigenvalue weighted by Gasteiger charge is -2.14. The van der Waals surface area contributed by atoms with Crippen LogP contribution in [0.3, 0.4) is 0 Å². The number of aryl methyl sites for hydroxylation is 2. The first-order valence-corrected chi connectivity index (χ1v) is 11.4. The van der Waals surface area contributed by atoms with E-state index >= 15 is 0 Å². The first-order chi connectivity index (χ1) is 14.8. The van der Waals surface area contributed by atoms with Gasteiger partial charge in [-0.1, -0.05) is 75.8 Å². The molecule has 0 bridgehead atoms. The van der Waals surface area contributed by atoms with Crippen molar-refractivity contribution in [3.8, 4) is 11.5 Å². The molecule has 0 aliphatic rings. The van der Waals surface area contributed by atoms with E-state index in [1.807, 2.05) is 6.20 Å². The van der Waals surface area contributed by atoms with Gasteiger partial charge in [-0.3, -0.25) is 9.97 Å². The van der Waals surface area contributed by atoms with Crippen LogP contribution in [0.15, 0.2) is 61.1 Å². The van der Waals surface area contributed by atoms with E-state index in [0.717, 1.165) is 34.7 Å². The van der Waals surface area contributed by atoms with Gasteiger partial charge < -0.3 is 4.74 Å². The maximum atomic E-state index is 6.30. The molecule has 3 heteroatoms.